The zero-order valence-corrected chi connectivity index (χ0v) is 21.4. The first-order valence-corrected chi connectivity index (χ1v) is 12.3. The number of rotatable bonds is 10. The van der Waals surface area contributed by atoms with Crippen LogP contribution < -0.4 is 14.8 Å². The maximum atomic E-state index is 12.9. The number of hydrogen-bond donors (Lipinski definition) is 1. The minimum atomic E-state index is -0.533. The minimum absolute atomic E-state index is 0.220. The van der Waals surface area contributed by atoms with Gasteiger partial charge in [0.15, 0.2) is 11.5 Å². The van der Waals surface area contributed by atoms with Crippen LogP contribution in [0.3, 0.4) is 0 Å². The van der Waals surface area contributed by atoms with Crippen molar-refractivity contribution >= 4 is 52.2 Å². The third kappa shape index (κ3) is 6.46. The maximum Gasteiger partial charge on any atom is 0.294 e. The Balaban J connectivity index is 1.81. The molecule has 0 saturated carbocycles. The van der Waals surface area contributed by atoms with Crippen LogP contribution in [0.4, 0.5) is 10.5 Å². The van der Waals surface area contributed by atoms with Gasteiger partial charge in [-0.15, -0.1) is 6.58 Å². The number of nitrogens with one attached hydrogen (secondary N) is 1. The Hall–Kier alpha value is -3.23. The van der Waals surface area contributed by atoms with E-state index in [1.807, 2.05) is 26.8 Å². The van der Waals surface area contributed by atoms with Gasteiger partial charge in [0.1, 0.15) is 6.54 Å². The molecule has 2 aromatic carbocycles. The zero-order chi connectivity index (χ0) is 25.5. The fraction of sp³-hybridized carbons (Fsp3) is 0.269. The van der Waals surface area contributed by atoms with Crippen LogP contribution in [0.1, 0.15) is 30.5 Å². The second kappa shape index (κ2) is 12.0. The normalized spacial score (nSPS) is 14.4. The Morgan fingerprint density at radius 1 is 1.17 bits per heavy atom. The number of amides is 3. The number of anilines is 1. The first-order valence-electron chi connectivity index (χ1n) is 11.1. The van der Waals surface area contributed by atoms with Gasteiger partial charge in [0.2, 0.25) is 5.91 Å². The molecule has 0 atom stereocenters. The van der Waals surface area contributed by atoms with Crippen molar-refractivity contribution in [3.05, 3.63) is 69.6 Å². The topological polar surface area (TPSA) is 84.9 Å². The molecule has 0 bridgehead atoms. The number of allylic oxidation sites excluding steroid dienone is 1. The van der Waals surface area contributed by atoms with Crippen LogP contribution in [0.15, 0.2) is 47.9 Å². The quantitative estimate of drug-likeness (QED) is 0.316. The lowest BCUT2D eigenvalue weighted by molar-refractivity contribution is -0.127. The third-order valence-electron chi connectivity index (χ3n) is 5.04. The van der Waals surface area contributed by atoms with E-state index in [-0.39, 0.29) is 4.91 Å². The Labute approximate surface area is 214 Å². The number of imide groups is 1. The summed E-state index contributed by atoms with van der Waals surface area (Å²) < 4.78 is 11.5. The van der Waals surface area contributed by atoms with Gasteiger partial charge in [-0.1, -0.05) is 23.7 Å². The van der Waals surface area contributed by atoms with E-state index in [2.05, 4.69) is 11.9 Å². The molecule has 0 spiro atoms. The van der Waals surface area contributed by atoms with Crippen LogP contribution in [-0.4, -0.2) is 41.7 Å². The Bertz CT molecular complexity index is 1190. The van der Waals surface area contributed by atoms with Crippen LogP contribution in [0.5, 0.6) is 11.5 Å². The molecule has 1 N–H and O–H groups in total. The van der Waals surface area contributed by atoms with Gasteiger partial charge in [0.25, 0.3) is 11.1 Å². The number of carbonyl (C=O) groups is 3. The summed E-state index contributed by atoms with van der Waals surface area (Å²) >= 11 is 6.88. The van der Waals surface area contributed by atoms with Crippen LogP contribution in [0.25, 0.3) is 6.08 Å². The highest BCUT2D eigenvalue weighted by molar-refractivity contribution is 8.18. The lowest BCUT2D eigenvalue weighted by Crippen LogP contribution is -2.36. The summed E-state index contributed by atoms with van der Waals surface area (Å²) in [5.74, 6) is 0.151. The smallest absolute Gasteiger partial charge is 0.294 e. The van der Waals surface area contributed by atoms with Crippen LogP contribution in [0.2, 0.25) is 5.02 Å². The highest BCUT2D eigenvalue weighted by Crippen LogP contribution is 2.37. The van der Waals surface area contributed by atoms with E-state index in [9.17, 15) is 14.4 Å². The fourth-order valence-corrected chi connectivity index (χ4v) is 4.47. The largest absolute Gasteiger partial charge is 0.490 e. The average molecular weight is 515 g/mol. The molecule has 0 aromatic heterocycles. The summed E-state index contributed by atoms with van der Waals surface area (Å²) in [6.07, 6.45) is 3.92. The molecule has 3 rings (SSSR count). The molecule has 1 fully saturated rings. The second-order valence-corrected chi connectivity index (χ2v) is 9.05. The van der Waals surface area contributed by atoms with E-state index < -0.39 is 23.6 Å². The van der Waals surface area contributed by atoms with Crippen molar-refractivity contribution in [2.45, 2.75) is 27.2 Å². The lowest BCUT2D eigenvalue weighted by atomic mass is 10.0. The number of carbonyl (C=O) groups excluding carboxylic acids is 3. The molecule has 35 heavy (non-hydrogen) atoms. The molecule has 3 amide bonds. The average Bonchev–Trinajstić information content (AvgIpc) is 3.06. The maximum absolute atomic E-state index is 12.9. The summed E-state index contributed by atoms with van der Waals surface area (Å²) in [5, 5.41) is 2.66. The zero-order valence-electron chi connectivity index (χ0n) is 19.9. The molecule has 1 aliphatic rings. The molecule has 1 aliphatic heterocycles. The number of halogens is 1. The van der Waals surface area contributed by atoms with Crippen molar-refractivity contribution < 1.29 is 23.9 Å². The number of aryl methyl sites for hydroxylation is 1. The standard InChI is InChI=1S/C26H27ClN2O5S/c1-5-8-18-11-17(12-21(33-6-2)24(18)34-7-3)13-22-25(31)29(26(32)35-22)15-23(30)28-19-10-9-16(4)20(27)14-19/h5,9-14H,1,6-8,15H2,2-4H3,(H,28,30)/b22-13+. The molecule has 7 nitrogen and oxygen atoms in total. The van der Waals surface area contributed by atoms with E-state index in [4.69, 9.17) is 21.1 Å². The monoisotopic (exact) mass is 514 g/mol. The molecule has 1 saturated heterocycles. The lowest BCUT2D eigenvalue weighted by Gasteiger charge is -2.16. The van der Waals surface area contributed by atoms with Gasteiger partial charge in [-0.25, -0.2) is 0 Å². The Kier molecular flexibility index (Phi) is 9.01. The number of benzene rings is 2. The van der Waals surface area contributed by atoms with Gasteiger partial charge in [-0.3, -0.25) is 19.3 Å². The predicted molar refractivity (Wildman–Crippen MR) is 140 cm³/mol. The summed E-state index contributed by atoms with van der Waals surface area (Å²) in [4.78, 5) is 39.1. The van der Waals surface area contributed by atoms with Gasteiger partial charge < -0.3 is 14.8 Å². The van der Waals surface area contributed by atoms with Crippen molar-refractivity contribution in [2.24, 2.45) is 0 Å². The summed E-state index contributed by atoms with van der Waals surface area (Å²) in [6.45, 7) is 9.92. The molecule has 0 aliphatic carbocycles. The molecule has 9 heteroatoms. The number of ether oxygens (including phenoxy) is 2. The van der Waals surface area contributed by atoms with Crippen molar-refractivity contribution in [2.75, 3.05) is 25.1 Å². The molecule has 0 radical (unpaired) electrons. The van der Waals surface area contributed by atoms with Gasteiger partial charge in [0.05, 0.1) is 18.1 Å². The molecular weight excluding hydrogens is 488 g/mol. The summed E-state index contributed by atoms with van der Waals surface area (Å²) in [6, 6.07) is 8.73. The van der Waals surface area contributed by atoms with Crippen molar-refractivity contribution in [1.29, 1.82) is 0 Å². The third-order valence-corrected chi connectivity index (χ3v) is 6.35. The van der Waals surface area contributed by atoms with Crippen molar-refractivity contribution in [3.8, 4) is 11.5 Å². The minimum Gasteiger partial charge on any atom is -0.490 e. The molecule has 184 valence electrons. The van der Waals surface area contributed by atoms with Crippen molar-refractivity contribution in [1.82, 2.24) is 4.90 Å². The first-order chi connectivity index (χ1) is 16.8. The van der Waals surface area contributed by atoms with E-state index in [1.54, 1.807) is 36.4 Å². The highest BCUT2D eigenvalue weighted by Gasteiger charge is 2.36. The van der Waals surface area contributed by atoms with Gasteiger partial charge in [-0.05, 0) is 80.4 Å². The fourth-order valence-electron chi connectivity index (χ4n) is 3.45. The molecule has 2 aromatic rings. The van der Waals surface area contributed by atoms with E-state index in [1.165, 1.54) is 0 Å². The van der Waals surface area contributed by atoms with Crippen molar-refractivity contribution in [3.63, 3.8) is 0 Å². The Morgan fingerprint density at radius 2 is 1.91 bits per heavy atom. The van der Waals surface area contributed by atoms with Crippen LogP contribution in [-0.2, 0) is 16.0 Å². The summed E-state index contributed by atoms with van der Waals surface area (Å²) in [7, 11) is 0. The second-order valence-electron chi connectivity index (χ2n) is 7.65. The van der Waals surface area contributed by atoms with Crippen LogP contribution in [0, 0.1) is 6.92 Å². The summed E-state index contributed by atoms with van der Waals surface area (Å²) in [5.41, 5.74) is 2.90. The Morgan fingerprint density at radius 3 is 2.57 bits per heavy atom. The van der Waals surface area contributed by atoms with E-state index in [0.717, 1.165) is 27.8 Å². The molecular formula is C26H27ClN2O5S. The van der Waals surface area contributed by atoms with Gasteiger partial charge in [-0.2, -0.15) is 0 Å². The molecule has 1 heterocycles. The SMILES string of the molecule is C=CCc1cc(/C=C2/SC(=O)N(CC(=O)Nc3ccc(C)c(Cl)c3)C2=O)cc(OCC)c1OCC. The number of hydrogen-bond acceptors (Lipinski definition) is 6. The van der Waals surface area contributed by atoms with Gasteiger partial charge in [0, 0.05) is 16.3 Å². The number of nitrogens with zero attached hydrogens (tertiary/aromatic N) is 1. The van der Waals surface area contributed by atoms with E-state index >= 15 is 0 Å². The van der Waals surface area contributed by atoms with Gasteiger partial charge >= 0.3 is 0 Å². The predicted octanol–water partition coefficient (Wildman–Crippen LogP) is 5.85. The molecule has 0 unspecified atom stereocenters. The number of thioether (sulfide) groups is 1. The first kappa shape index (κ1) is 26.4. The van der Waals surface area contributed by atoms with E-state index in [0.29, 0.717) is 47.4 Å². The highest BCUT2D eigenvalue weighted by atomic mass is 35.5. The van der Waals surface area contributed by atoms with Crippen LogP contribution >= 0.6 is 23.4 Å².